The van der Waals surface area contributed by atoms with E-state index in [2.05, 4.69) is 11.9 Å². The molecule has 0 heterocycles. The van der Waals surface area contributed by atoms with Crippen LogP contribution in [0.25, 0.3) is 0 Å². The SMILES string of the molecule is C=CC(=O)NC(CO)(C(O)C=CC)C(O)(C=CC)C=CC. The number of aliphatic hydroxyl groups is 3. The van der Waals surface area contributed by atoms with Crippen molar-refractivity contribution >= 4 is 5.91 Å². The second kappa shape index (κ2) is 8.56. The fraction of sp³-hybridized carbons (Fsp3) is 0.438. The van der Waals surface area contributed by atoms with Crippen LogP contribution in [0.1, 0.15) is 20.8 Å². The molecule has 0 aromatic heterocycles. The van der Waals surface area contributed by atoms with Crippen LogP contribution in [0, 0.1) is 0 Å². The first kappa shape index (κ1) is 19.3. The van der Waals surface area contributed by atoms with E-state index >= 15 is 0 Å². The van der Waals surface area contributed by atoms with Crippen molar-refractivity contribution in [3.05, 3.63) is 49.1 Å². The highest BCUT2D eigenvalue weighted by atomic mass is 16.3. The first-order chi connectivity index (χ1) is 9.87. The van der Waals surface area contributed by atoms with Crippen molar-refractivity contribution in [3.8, 4) is 0 Å². The van der Waals surface area contributed by atoms with Gasteiger partial charge >= 0.3 is 0 Å². The second-order valence-electron chi connectivity index (χ2n) is 4.62. The van der Waals surface area contributed by atoms with E-state index in [1.165, 1.54) is 18.2 Å². The van der Waals surface area contributed by atoms with Crippen molar-refractivity contribution in [1.82, 2.24) is 5.32 Å². The Labute approximate surface area is 126 Å². The molecular formula is C16H25NO4. The monoisotopic (exact) mass is 295 g/mol. The minimum absolute atomic E-state index is 0.611. The third-order valence-corrected chi connectivity index (χ3v) is 3.22. The van der Waals surface area contributed by atoms with Crippen molar-refractivity contribution in [1.29, 1.82) is 0 Å². The molecule has 0 aliphatic rings. The van der Waals surface area contributed by atoms with Gasteiger partial charge in [-0.2, -0.15) is 0 Å². The molecule has 0 saturated carbocycles. The summed E-state index contributed by atoms with van der Waals surface area (Å²) in [6.07, 6.45) is 8.61. The summed E-state index contributed by atoms with van der Waals surface area (Å²) < 4.78 is 0. The predicted molar refractivity (Wildman–Crippen MR) is 83.6 cm³/mol. The lowest BCUT2D eigenvalue weighted by Crippen LogP contribution is -2.70. The Morgan fingerprint density at radius 2 is 1.76 bits per heavy atom. The fourth-order valence-electron chi connectivity index (χ4n) is 2.15. The third kappa shape index (κ3) is 4.14. The standard InChI is InChI=1S/C16H25NO4/c1-5-9-13(19)16(12-18,17-14(20)8-4)15(21,10-6-2)11-7-3/h5-11,13,18-19,21H,4,12H2,1-3H3,(H,17,20). The molecule has 0 aromatic carbocycles. The molecule has 21 heavy (non-hydrogen) atoms. The molecule has 1 amide bonds. The minimum Gasteiger partial charge on any atom is -0.394 e. The lowest BCUT2D eigenvalue weighted by atomic mass is 9.74. The van der Waals surface area contributed by atoms with Crippen LogP contribution in [-0.2, 0) is 4.79 Å². The molecule has 0 aromatic rings. The lowest BCUT2D eigenvalue weighted by Gasteiger charge is -2.45. The molecule has 0 aliphatic heterocycles. The lowest BCUT2D eigenvalue weighted by molar-refractivity contribution is -0.127. The number of amides is 1. The normalized spacial score (nSPS) is 19.5. The molecule has 0 rings (SSSR count). The number of allylic oxidation sites excluding steroid dienone is 3. The Morgan fingerprint density at radius 1 is 1.24 bits per heavy atom. The number of hydrogen-bond donors (Lipinski definition) is 4. The number of aliphatic hydroxyl groups excluding tert-OH is 2. The summed E-state index contributed by atoms with van der Waals surface area (Å²) in [6, 6.07) is 0. The highest BCUT2D eigenvalue weighted by molar-refractivity contribution is 5.88. The highest BCUT2D eigenvalue weighted by Crippen LogP contribution is 2.30. The van der Waals surface area contributed by atoms with Crippen molar-refractivity contribution < 1.29 is 20.1 Å². The van der Waals surface area contributed by atoms with E-state index < -0.39 is 29.8 Å². The van der Waals surface area contributed by atoms with Gasteiger partial charge in [0.05, 0.1) is 6.61 Å². The topological polar surface area (TPSA) is 89.8 Å². The number of rotatable bonds is 8. The summed E-state index contributed by atoms with van der Waals surface area (Å²) in [6.45, 7) is 7.73. The van der Waals surface area contributed by atoms with Crippen LogP contribution >= 0.6 is 0 Å². The maximum atomic E-state index is 11.7. The largest absolute Gasteiger partial charge is 0.394 e. The van der Waals surface area contributed by atoms with E-state index in [0.717, 1.165) is 6.08 Å². The fourth-order valence-corrected chi connectivity index (χ4v) is 2.15. The molecule has 5 nitrogen and oxygen atoms in total. The third-order valence-electron chi connectivity index (χ3n) is 3.22. The Balaban J connectivity index is 6.18. The van der Waals surface area contributed by atoms with E-state index in [0.29, 0.717) is 0 Å². The van der Waals surface area contributed by atoms with Gasteiger partial charge in [-0.3, -0.25) is 4.79 Å². The molecular weight excluding hydrogens is 270 g/mol. The number of hydrogen-bond acceptors (Lipinski definition) is 4. The van der Waals surface area contributed by atoms with Crippen molar-refractivity contribution in [3.63, 3.8) is 0 Å². The van der Waals surface area contributed by atoms with Crippen LogP contribution in [0.4, 0.5) is 0 Å². The van der Waals surface area contributed by atoms with Gasteiger partial charge in [-0.25, -0.2) is 0 Å². The van der Waals surface area contributed by atoms with Gasteiger partial charge in [0.1, 0.15) is 17.2 Å². The predicted octanol–water partition coefficient (Wildman–Crippen LogP) is 0.840. The molecule has 0 radical (unpaired) electrons. The zero-order valence-corrected chi connectivity index (χ0v) is 12.8. The number of carbonyl (C=O) groups is 1. The average molecular weight is 295 g/mol. The van der Waals surface area contributed by atoms with Crippen LogP contribution in [0.15, 0.2) is 49.1 Å². The molecule has 0 fully saturated rings. The van der Waals surface area contributed by atoms with Crippen LogP contribution in [0.5, 0.6) is 0 Å². The number of carbonyl (C=O) groups excluding carboxylic acids is 1. The summed E-state index contributed by atoms with van der Waals surface area (Å²) >= 11 is 0. The zero-order chi connectivity index (χ0) is 16.5. The van der Waals surface area contributed by atoms with Crippen LogP contribution < -0.4 is 5.32 Å². The van der Waals surface area contributed by atoms with Gasteiger partial charge in [0.15, 0.2) is 0 Å². The van der Waals surface area contributed by atoms with Crippen LogP contribution in [-0.4, -0.2) is 45.1 Å². The Kier molecular flexibility index (Phi) is 7.88. The van der Waals surface area contributed by atoms with Gasteiger partial charge in [0.25, 0.3) is 0 Å². The van der Waals surface area contributed by atoms with E-state index in [1.54, 1.807) is 39.0 Å². The van der Waals surface area contributed by atoms with Gasteiger partial charge in [0, 0.05) is 0 Å². The maximum absolute atomic E-state index is 11.7. The second-order valence-corrected chi connectivity index (χ2v) is 4.62. The number of nitrogens with one attached hydrogen (secondary N) is 1. The van der Waals surface area contributed by atoms with Crippen LogP contribution in [0.3, 0.4) is 0 Å². The Bertz CT molecular complexity index is 428. The van der Waals surface area contributed by atoms with Gasteiger partial charge in [-0.05, 0) is 26.8 Å². The molecule has 0 bridgehead atoms. The summed E-state index contributed by atoms with van der Waals surface area (Å²) in [7, 11) is 0. The van der Waals surface area contributed by atoms with Crippen LogP contribution in [0.2, 0.25) is 0 Å². The molecule has 118 valence electrons. The molecule has 5 heteroatoms. The Hall–Kier alpha value is -1.69. The molecule has 0 saturated heterocycles. The van der Waals surface area contributed by atoms with Gasteiger partial charge < -0.3 is 20.6 Å². The van der Waals surface area contributed by atoms with Crippen molar-refractivity contribution in [2.24, 2.45) is 0 Å². The van der Waals surface area contributed by atoms with Gasteiger partial charge in [0.2, 0.25) is 5.91 Å². The summed E-state index contributed by atoms with van der Waals surface area (Å²) in [5, 5.41) is 33.6. The maximum Gasteiger partial charge on any atom is 0.244 e. The molecule has 0 aliphatic carbocycles. The van der Waals surface area contributed by atoms with Gasteiger partial charge in [-0.1, -0.05) is 43.0 Å². The first-order valence-corrected chi connectivity index (χ1v) is 6.73. The average Bonchev–Trinajstić information content (AvgIpc) is 2.44. The highest BCUT2D eigenvalue weighted by Gasteiger charge is 2.52. The molecule has 0 spiro atoms. The van der Waals surface area contributed by atoms with E-state index in [1.807, 2.05) is 0 Å². The molecule has 2 unspecified atom stereocenters. The molecule has 2 atom stereocenters. The van der Waals surface area contributed by atoms with Crippen molar-refractivity contribution in [2.75, 3.05) is 6.61 Å². The zero-order valence-electron chi connectivity index (χ0n) is 12.8. The van der Waals surface area contributed by atoms with Crippen molar-refractivity contribution in [2.45, 2.75) is 38.0 Å². The Morgan fingerprint density at radius 3 is 2.10 bits per heavy atom. The summed E-state index contributed by atoms with van der Waals surface area (Å²) in [4.78, 5) is 11.7. The quantitative estimate of drug-likeness (QED) is 0.394. The van der Waals surface area contributed by atoms with Gasteiger partial charge in [-0.15, -0.1) is 0 Å². The minimum atomic E-state index is -1.77. The first-order valence-electron chi connectivity index (χ1n) is 6.73. The summed E-state index contributed by atoms with van der Waals surface area (Å²) in [5.74, 6) is -0.611. The van der Waals surface area contributed by atoms with E-state index in [-0.39, 0.29) is 0 Å². The summed E-state index contributed by atoms with van der Waals surface area (Å²) in [5.41, 5.74) is -3.51. The smallest absolute Gasteiger partial charge is 0.244 e. The van der Waals surface area contributed by atoms with E-state index in [9.17, 15) is 20.1 Å². The molecule has 4 N–H and O–H groups in total. The van der Waals surface area contributed by atoms with E-state index in [4.69, 9.17) is 0 Å².